The molecule has 2 aromatic heterocycles. The molecule has 0 bridgehead atoms. The number of nitrogens with zero attached hydrogens (tertiary/aromatic N) is 3. The monoisotopic (exact) mass is 474 g/mol. The molecule has 1 N–H and O–H groups in total. The second-order valence-corrected chi connectivity index (χ2v) is 8.22. The van der Waals surface area contributed by atoms with E-state index >= 15 is 0 Å². The highest BCUT2D eigenvalue weighted by atomic mass is 32.2. The van der Waals surface area contributed by atoms with Crippen LogP contribution in [0.2, 0.25) is 0 Å². The molecule has 0 fully saturated rings. The van der Waals surface area contributed by atoms with E-state index in [1.165, 1.54) is 5.38 Å². The lowest BCUT2D eigenvalue weighted by molar-refractivity contribution is -0.113. The number of amides is 1. The fourth-order valence-electron chi connectivity index (χ4n) is 2.85. The molecule has 3 heterocycles. The average molecular weight is 474 g/mol. The predicted octanol–water partition coefficient (Wildman–Crippen LogP) is 4.60. The van der Waals surface area contributed by atoms with Crippen LogP contribution < -0.4 is 14.8 Å². The van der Waals surface area contributed by atoms with Crippen LogP contribution in [0, 0.1) is 11.6 Å². The van der Waals surface area contributed by atoms with Gasteiger partial charge in [-0.1, -0.05) is 11.8 Å². The lowest BCUT2D eigenvalue weighted by Gasteiger charge is -2.01. The van der Waals surface area contributed by atoms with Crippen molar-refractivity contribution in [2.45, 2.75) is 5.22 Å². The third kappa shape index (κ3) is 4.27. The number of benzene rings is 2. The summed E-state index contributed by atoms with van der Waals surface area (Å²) in [6.45, 7) is 0.163. The van der Waals surface area contributed by atoms with Crippen molar-refractivity contribution in [3.8, 4) is 34.2 Å². The number of thiazole rings is 1. The summed E-state index contributed by atoms with van der Waals surface area (Å²) in [5.74, 6) is -0.0196. The SMILES string of the molecule is O=C(CSc1nnc(-c2ccc3c(c2)OCO3)o1)Nc1nc(-c2cc(F)ccc2F)cs1. The van der Waals surface area contributed by atoms with Gasteiger partial charge in [-0.15, -0.1) is 21.5 Å². The normalized spacial score (nSPS) is 12.2. The molecule has 1 aliphatic heterocycles. The van der Waals surface area contributed by atoms with Gasteiger partial charge in [-0.05, 0) is 36.4 Å². The van der Waals surface area contributed by atoms with Gasteiger partial charge in [0.2, 0.25) is 18.6 Å². The summed E-state index contributed by atoms with van der Waals surface area (Å²) in [6.07, 6.45) is 0. The maximum Gasteiger partial charge on any atom is 0.277 e. The van der Waals surface area contributed by atoms with Gasteiger partial charge in [0.05, 0.1) is 11.4 Å². The average Bonchev–Trinajstić information content (AvgIpc) is 3.54. The first kappa shape index (κ1) is 20.4. The highest BCUT2D eigenvalue weighted by Gasteiger charge is 2.18. The number of carbonyl (C=O) groups excluding carboxylic acids is 1. The molecule has 0 aliphatic carbocycles. The molecule has 162 valence electrons. The van der Waals surface area contributed by atoms with Gasteiger partial charge in [-0.3, -0.25) is 4.79 Å². The van der Waals surface area contributed by atoms with E-state index in [0.717, 1.165) is 41.3 Å². The van der Waals surface area contributed by atoms with Crippen LogP contribution >= 0.6 is 23.1 Å². The Balaban J connectivity index is 1.19. The molecule has 4 aromatic rings. The Labute approximate surface area is 187 Å². The summed E-state index contributed by atoms with van der Waals surface area (Å²) in [6, 6.07) is 8.36. The van der Waals surface area contributed by atoms with Crippen molar-refractivity contribution in [2.75, 3.05) is 17.9 Å². The summed E-state index contributed by atoms with van der Waals surface area (Å²) < 4.78 is 43.5. The van der Waals surface area contributed by atoms with Crippen LogP contribution in [0.4, 0.5) is 13.9 Å². The van der Waals surface area contributed by atoms with Gasteiger partial charge in [0.1, 0.15) is 11.6 Å². The molecule has 5 rings (SSSR count). The van der Waals surface area contributed by atoms with E-state index in [-0.39, 0.29) is 46.0 Å². The number of ether oxygens (including phenoxy) is 2. The van der Waals surface area contributed by atoms with Crippen LogP contribution in [-0.4, -0.2) is 33.6 Å². The number of carbonyl (C=O) groups is 1. The topological polar surface area (TPSA) is 99.4 Å². The Morgan fingerprint density at radius 1 is 1.12 bits per heavy atom. The molecule has 1 amide bonds. The summed E-state index contributed by atoms with van der Waals surface area (Å²) in [5, 5.41) is 12.5. The molecule has 0 saturated heterocycles. The van der Waals surface area contributed by atoms with Crippen LogP contribution in [0.15, 0.2) is 51.4 Å². The molecule has 32 heavy (non-hydrogen) atoms. The van der Waals surface area contributed by atoms with E-state index < -0.39 is 11.6 Å². The van der Waals surface area contributed by atoms with Crippen LogP contribution in [0.25, 0.3) is 22.7 Å². The number of thioether (sulfide) groups is 1. The van der Waals surface area contributed by atoms with Gasteiger partial charge in [0, 0.05) is 16.5 Å². The summed E-state index contributed by atoms with van der Waals surface area (Å²) in [4.78, 5) is 16.4. The molecular formula is C20H12F2N4O4S2. The number of rotatable bonds is 6. The minimum absolute atomic E-state index is 0.00792. The smallest absolute Gasteiger partial charge is 0.277 e. The number of anilines is 1. The fourth-order valence-corrected chi connectivity index (χ4v) is 4.14. The van der Waals surface area contributed by atoms with Crippen LogP contribution in [0.1, 0.15) is 0 Å². The van der Waals surface area contributed by atoms with Crippen molar-refractivity contribution >= 4 is 34.1 Å². The van der Waals surface area contributed by atoms with Crippen LogP contribution in [-0.2, 0) is 4.79 Å². The summed E-state index contributed by atoms with van der Waals surface area (Å²) >= 11 is 2.16. The zero-order valence-electron chi connectivity index (χ0n) is 16.0. The van der Waals surface area contributed by atoms with Crippen molar-refractivity contribution < 1.29 is 27.5 Å². The second kappa shape index (κ2) is 8.55. The Morgan fingerprint density at radius 2 is 2.00 bits per heavy atom. The van der Waals surface area contributed by atoms with Crippen molar-refractivity contribution in [1.82, 2.24) is 15.2 Å². The number of aromatic nitrogens is 3. The van der Waals surface area contributed by atoms with E-state index in [1.54, 1.807) is 18.2 Å². The van der Waals surface area contributed by atoms with Gasteiger partial charge in [0.15, 0.2) is 16.6 Å². The Kier molecular flexibility index (Phi) is 5.45. The summed E-state index contributed by atoms with van der Waals surface area (Å²) in [5.41, 5.74) is 0.927. The number of nitrogens with one attached hydrogen (secondary N) is 1. The first-order valence-corrected chi connectivity index (χ1v) is 11.0. The highest BCUT2D eigenvalue weighted by Crippen LogP contribution is 2.36. The van der Waals surface area contributed by atoms with Crippen molar-refractivity contribution in [2.24, 2.45) is 0 Å². The largest absolute Gasteiger partial charge is 0.454 e. The Hall–Kier alpha value is -3.51. The lowest BCUT2D eigenvalue weighted by atomic mass is 10.1. The highest BCUT2D eigenvalue weighted by molar-refractivity contribution is 7.99. The Morgan fingerprint density at radius 3 is 2.91 bits per heavy atom. The number of hydrogen-bond acceptors (Lipinski definition) is 9. The van der Waals surface area contributed by atoms with Gasteiger partial charge in [-0.25, -0.2) is 13.8 Å². The molecule has 0 saturated carbocycles. The predicted molar refractivity (Wildman–Crippen MR) is 113 cm³/mol. The Bertz CT molecular complexity index is 1310. The molecule has 0 spiro atoms. The molecule has 0 unspecified atom stereocenters. The van der Waals surface area contributed by atoms with Crippen LogP contribution in [0.3, 0.4) is 0 Å². The summed E-state index contributed by atoms with van der Waals surface area (Å²) in [7, 11) is 0. The van der Waals surface area contributed by atoms with Gasteiger partial charge < -0.3 is 19.2 Å². The first-order chi connectivity index (χ1) is 15.5. The molecule has 2 aromatic carbocycles. The van der Waals surface area contributed by atoms with Gasteiger partial charge in [-0.2, -0.15) is 0 Å². The quantitative estimate of drug-likeness (QED) is 0.405. The molecule has 8 nitrogen and oxygen atoms in total. The van der Waals surface area contributed by atoms with Gasteiger partial charge in [0.25, 0.3) is 5.22 Å². The number of fused-ring (bicyclic) bond motifs is 1. The number of halogens is 2. The van der Waals surface area contributed by atoms with E-state index in [9.17, 15) is 13.6 Å². The minimum Gasteiger partial charge on any atom is -0.454 e. The molecule has 0 atom stereocenters. The lowest BCUT2D eigenvalue weighted by Crippen LogP contribution is -2.13. The van der Waals surface area contributed by atoms with Crippen molar-refractivity contribution in [3.05, 3.63) is 53.4 Å². The van der Waals surface area contributed by atoms with Crippen molar-refractivity contribution in [3.63, 3.8) is 0 Å². The molecular weight excluding hydrogens is 462 g/mol. The molecule has 1 aliphatic rings. The third-order valence-electron chi connectivity index (χ3n) is 4.31. The van der Waals surface area contributed by atoms with E-state index in [0.29, 0.717) is 17.1 Å². The number of hydrogen-bond donors (Lipinski definition) is 1. The fraction of sp³-hybridized carbons (Fsp3) is 0.100. The molecule has 0 radical (unpaired) electrons. The maximum atomic E-state index is 13.9. The van der Waals surface area contributed by atoms with E-state index in [4.69, 9.17) is 13.9 Å². The maximum absolute atomic E-state index is 13.9. The van der Waals surface area contributed by atoms with Crippen LogP contribution in [0.5, 0.6) is 11.5 Å². The van der Waals surface area contributed by atoms with Crippen molar-refractivity contribution in [1.29, 1.82) is 0 Å². The zero-order valence-corrected chi connectivity index (χ0v) is 17.6. The minimum atomic E-state index is -0.597. The van der Waals surface area contributed by atoms with E-state index in [1.807, 2.05) is 0 Å². The first-order valence-electron chi connectivity index (χ1n) is 9.12. The standard InChI is InChI=1S/C20H12F2N4O4S2/c21-11-2-3-13(22)12(6-11)14-7-31-19(23-14)24-17(27)8-32-20-26-25-18(30-20)10-1-4-15-16(5-10)29-9-28-15/h1-7H,8-9H2,(H,23,24,27). The second-order valence-electron chi connectivity index (χ2n) is 6.44. The zero-order chi connectivity index (χ0) is 22.1. The molecule has 12 heteroatoms. The third-order valence-corrected chi connectivity index (χ3v) is 5.88. The van der Waals surface area contributed by atoms with Gasteiger partial charge >= 0.3 is 0 Å². The van der Waals surface area contributed by atoms with E-state index in [2.05, 4.69) is 20.5 Å².